The van der Waals surface area contributed by atoms with E-state index in [0.29, 0.717) is 36.5 Å². The van der Waals surface area contributed by atoms with Crippen LogP contribution in [0.1, 0.15) is 67.1 Å². The molecular formula is C23H26F2N4O2. The minimum Gasteiger partial charge on any atom is -0.478 e. The van der Waals surface area contributed by atoms with Crippen LogP contribution in [0.2, 0.25) is 0 Å². The van der Waals surface area contributed by atoms with Crippen LogP contribution in [-0.4, -0.2) is 30.8 Å². The average Bonchev–Trinajstić information content (AvgIpc) is 3.16. The number of aromatic carboxylic acids is 1. The molecular weight excluding hydrogens is 402 g/mol. The SMILES string of the molecule is CCCCn1nc(C(F)(F)CCC)nc1Cc1ccc(-c2ncccc2C(=O)O)cc1. The summed E-state index contributed by atoms with van der Waals surface area (Å²) in [6.45, 7) is 4.28. The number of halogens is 2. The summed E-state index contributed by atoms with van der Waals surface area (Å²) in [5.41, 5.74) is 2.04. The molecule has 164 valence electrons. The lowest BCUT2D eigenvalue weighted by Crippen LogP contribution is -2.15. The Kier molecular flexibility index (Phi) is 7.09. The molecule has 2 heterocycles. The van der Waals surface area contributed by atoms with Crippen LogP contribution in [0.5, 0.6) is 0 Å². The van der Waals surface area contributed by atoms with Gasteiger partial charge in [-0.15, -0.1) is 5.10 Å². The predicted octanol–water partition coefficient (Wildman–Crippen LogP) is 5.32. The van der Waals surface area contributed by atoms with Gasteiger partial charge in [-0.3, -0.25) is 4.98 Å². The molecule has 3 rings (SSSR count). The number of pyridine rings is 1. The summed E-state index contributed by atoms with van der Waals surface area (Å²) in [5, 5.41) is 13.5. The Bertz CT molecular complexity index is 1030. The number of nitrogens with zero attached hydrogens (tertiary/aromatic N) is 4. The van der Waals surface area contributed by atoms with Gasteiger partial charge in [0.05, 0.1) is 11.3 Å². The fourth-order valence-corrected chi connectivity index (χ4v) is 3.34. The monoisotopic (exact) mass is 428 g/mol. The normalized spacial score (nSPS) is 11.6. The van der Waals surface area contributed by atoms with E-state index >= 15 is 0 Å². The Labute approximate surface area is 180 Å². The number of hydrogen-bond donors (Lipinski definition) is 1. The van der Waals surface area contributed by atoms with Crippen molar-refractivity contribution in [3.63, 3.8) is 0 Å². The van der Waals surface area contributed by atoms with Gasteiger partial charge in [-0.1, -0.05) is 44.5 Å². The molecule has 0 amide bonds. The summed E-state index contributed by atoms with van der Waals surface area (Å²) in [7, 11) is 0. The van der Waals surface area contributed by atoms with Crippen molar-refractivity contribution in [2.24, 2.45) is 0 Å². The molecule has 8 heteroatoms. The van der Waals surface area contributed by atoms with Gasteiger partial charge >= 0.3 is 11.9 Å². The minimum absolute atomic E-state index is 0.123. The van der Waals surface area contributed by atoms with Crippen molar-refractivity contribution in [3.05, 3.63) is 65.4 Å². The second kappa shape index (κ2) is 9.76. The first-order valence-electron chi connectivity index (χ1n) is 10.4. The Morgan fingerprint density at radius 2 is 1.87 bits per heavy atom. The molecule has 0 spiro atoms. The third-order valence-electron chi connectivity index (χ3n) is 4.99. The van der Waals surface area contributed by atoms with Crippen LogP contribution in [0.4, 0.5) is 8.78 Å². The topological polar surface area (TPSA) is 80.9 Å². The molecule has 1 aromatic carbocycles. The molecule has 0 saturated heterocycles. The largest absolute Gasteiger partial charge is 0.478 e. The highest BCUT2D eigenvalue weighted by Gasteiger charge is 2.36. The first kappa shape index (κ1) is 22.5. The van der Waals surface area contributed by atoms with Crippen molar-refractivity contribution in [1.82, 2.24) is 19.7 Å². The number of carboxylic acid groups (broad SMARTS) is 1. The molecule has 3 aromatic rings. The summed E-state index contributed by atoms with van der Waals surface area (Å²) in [6.07, 6.45) is 3.71. The molecule has 0 aliphatic rings. The van der Waals surface area contributed by atoms with Gasteiger partial charge in [0.1, 0.15) is 5.82 Å². The van der Waals surface area contributed by atoms with E-state index in [-0.39, 0.29) is 12.0 Å². The zero-order chi connectivity index (χ0) is 22.4. The number of rotatable bonds is 10. The summed E-state index contributed by atoms with van der Waals surface area (Å²) in [6, 6.07) is 10.3. The molecule has 0 fully saturated rings. The number of benzene rings is 1. The summed E-state index contributed by atoms with van der Waals surface area (Å²) >= 11 is 0. The molecule has 0 atom stereocenters. The lowest BCUT2D eigenvalue weighted by molar-refractivity contribution is -0.0232. The van der Waals surface area contributed by atoms with Gasteiger partial charge in [0.25, 0.3) is 0 Å². The van der Waals surface area contributed by atoms with Gasteiger partial charge in [-0.05, 0) is 30.5 Å². The summed E-state index contributed by atoms with van der Waals surface area (Å²) in [5.74, 6) is -4.01. The molecule has 0 unspecified atom stereocenters. The summed E-state index contributed by atoms with van der Waals surface area (Å²) < 4.78 is 30.3. The molecule has 31 heavy (non-hydrogen) atoms. The van der Waals surface area contributed by atoms with Crippen molar-refractivity contribution >= 4 is 5.97 Å². The molecule has 0 saturated carbocycles. The van der Waals surface area contributed by atoms with Crippen molar-refractivity contribution in [2.75, 3.05) is 0 Å². The van der Waals surface area contributed by atoms with Gasteiger partial charge in [-0.25, -0.2) is 14.5 Å². The van der Waals surface area contributed by atoms with E-state index < -0.39 is 17.7 Å². The highest BCUT2D eigenvalue weighted by Crippen LogP contribution is 2.31. The molecule has 0 bridgehead atoms. The molecule has 0 aliphatic carbocycles. The first-order valence-corrected chi connectivity index (χ1v) is 10.4. The average molecular weight is 428 g/mol. The van der Waals surface area contributed by atoms with E-state index in [1.807, 2.05) is 19.1 Å². The van der Waals surface area contributed by atoms with E-state index in [1.165, 1.54) is 6.07 Å². The Morgan fingerprint density at radius 1 is 1.13 bits per heavy atom. The van der Waals surface area contributed by atoms with Gasteiger partial charge in [-0.2, -0.15) is 8.78 Å². The fraction of sp³-hybridized carbons (Fsp3) is 0.391. The third kappa shape index (κ3) is 5.31. The maximum Gasteiger partial charge on any atom is 0.337 e. The molecule has 0 aliphatic heterocycles. The fourth-order valence-electron chi connectivity index (χ4n) is 3.34. The van der Waals surface area contributed by atoms with E-state index in [2.05, 4.69) is 15.1 Å². The Hall–Kier alpha value is -3.16. The second-order valence-electron chi connectivity index (χ2n) is 7.46. The van der Waals surface area contributed by atoms with E-state index in [0.717, 1.165) is 18.4 Å². The number of aromatic nitrogens is 4. The smallest absolute Gasteiger partial charge is 0.337 e. The first-order chi connectivity index (χ1) is 14.9. The van der Waals surface area contributed by atoms with Crippen LogP contribution in [0.3, 0.4) is 0 Å². The summed E-state index contributed by atoms with van der Waals surface area (Å²) in [4.78, 5) is 19.8. The zero-order valence-corrected chi connectivity index (χ0v) is 17.7. The highest BCUT2D eigenvalue weighted by molar-refractivity contribution is 5.94. The van der Waals surface area contributed by atoms with Crippen LogP contribution in [-0.2, 0) is 18.9 Å². The molecule has 2 aromatic heterocycles. The van der Waals surface area contributed by atoms with Crippen molar-refractivity contribution in [2.45, 2.75) is 58.4 Å². The predicted molar refractivity (Wildman–Crippen MR) is 113 cm³/mol. The minimum atomic E-state index is -3.04. The Morgan fingerprint density at radius 3 is 2.52 bits per heavy atom. The lowest BCUT2D eigenvalue weighted by Gasteiger charge is -2.10. The van der Waals surface area contributed by atoms with Crippen LogP contribution in [0.15, 0.2) is 42.6 Å². The van der Waals surface area contributed by atoms with Crippen LogP contribution < -0.4 is 0 Å². The van der Waals surface area contributed by atoms with Crippen molar-refractivity contribution in [3.8, 4) is 11.3 Å². The quantitative estimate of drug-likeness (QED) is 0.473. The van der Waals surface area contributed by atoms with Gasteiger partial charge in [0, 0.05) is 31.1 Å². The van der Waals surface area contributed by atoms with E-state index in [4.69, 9.17) is 0 Å². The second-order valence-corrected chi connectivity index (χ2v) is 7.46. The van der Waals surface area contributed by atoms with Crippen LogP contribution in [0.25, 0.3) is 11.3 Å². The zero-order valence-electron chi connectivity index (χ0n) is 17.7. The number of carbonyl (C=O) groups is 1. The van der Waals surface area contributed by atoms with Crippen LogP contribution >= 0.6 is 0 Å². The number of aryl methyl sites for hydroxylation is 1. The van der Waals surface area contributed by atoms with E-state index in [1.54, 1.807) is 36.0 Å². The molecule has 0 radical (unpaired) electrons. The van der Waals surface area contributed by atoms with Gasteiger partial charge in [0.2, 0.25) is 5.82 Å². The number of unbranched alkanes of at least 4 members (excludes halogenated alkanes) is 1. The number of hydrogen-bond acceptors (Lipinski definition) is 4. The number of carboxylic acids is 1. The van der Waals surface area contributed by atoms with Gasteiger partial charge < -0.3 is 5.11 Å². The lowest BCUT2D eigenvalue weighted by atomic mass is 10.0. The third-order valence-corrected chi connectivity index (χ3v) is 4.99. The van der Waals surface area contributed by atoms with Crippen LogP contribution in [0, 0.1) is 0 Å². The molecule has 6 nitrogen and oxygen atoms in total. The van der Waals surface area contributed by atoms with Crippen molar-refractivity contribution in [1.29, 1.82) is 0 Å². The highest BCUT2D eigenvalue weighted by atomic mass is 19.3. The number of alkyl halides is 2. The van der Waals surface area contributed by atoms with E-state index in [9.17, 15) is 18.7 Å². The van der Waals surface area contributed by atoms with Crippen molar-refractivity contribution < 1.29 is 18.7 Å². The maximum atomic E-state index is 14.4. The standard InChI is InChI=1S/C23H26F2N4O2/c1-3-5-14-29-19(27-22(28-29)23(24,25)12-4-2)15-16-8-10-17(11-9-16)20-18(21(30)31)7-6-13-26-20/h6-11,13H,3-5,12,14-15H2,1-2H3,(H,30,31). The Balaban J connectivity index is 1.87. The maximum absolute atomic E-state index is 14.4. The molecule has 1 N–H and O–H groups in total. The van der Waals surface area contributed by atoms with Gasteiger partial charge in [0.15, 0.2) is 0 Å².